The lowest BCUT2D eigenvalue weighted by atomic mass is 10.0. The molecule has 222 valence electrons. The molecule has 4 amide bonds. The van der Waals surface area contributed by atoms with E-state index in [1.54, 1.807) is 0 Å². The van der Waals surface area contributed by atoms with Crippen LogP contribution in [0, 0.1) is 0 Å². The highest BCUT2D eigenvalue weighted by Gasteiger charge is 2.54. The smallest absolute Gasteiger partial charge is 0.352 e. The van der Waals surface area contributed by atoms with Crippen LogP contribution in [0.1, 0.15) is 11.6 Å². The molecule has 2 aliphatic rings. The van der Waals surface area contributed by atoms with Gasteiger partial charge in [0.2, 0.25) is 5.91 Å². The minimum atomic E-state index is -1.32. The monoisotopic (exact) mass is 640 g/mol. The molecule has 1 fully saturated rings. The number of rotatable bonds is 9. The van der Waals surface area contributed by atoms with Gasteiger partial charge < -0.3 is 32.3 Å². The number of nitrogens with one attached hydrogen (secondary N) is 2. The number of thioether (sulfide) groups is 2. The lowest BCUT2D eigenvalue weighted by Gasteiger charge is -2.49. The Labute approximate surface area is 256 Å². The summed E-state index contributed by atoms with van der Waals surface area (Å²) in [5.41, 5.74) is 12.1. The van der Waals surface area contributed by atoms with Crippen molar-refractivity contribution in [3.8, 4) is 16.3 Å². The van der Waals surface area contributed by atoms with Crippen molar-refractivity contribution in [1.29, 1.82) is 0 Å². The van der Waals surface area contributed by atoms with Crippen molar-refractivity contribution < 1.29 is 29.4 Å². The SMILES string of the molecule is NC(N)=NC(=O)NC(C(=O)NC1C(=O)N2C(C(=O)O)=C(CSc3nnc(-c4ccccc4)s3)CS[C@@H]12)c1ccc(O)cc1. The fourth-order valence-electron chi connectivity index (χ4n) is 4.39. The second-order valence-corrected chi connectivity index (χ2v) is 12.5. The Bertz CT molecular complexity index is 1620. The number of phenols is 1. The van der Waals surface area contributed by atoms with E-state index in [1.807, 2.05) is 30.3 Å². The molecule has 1 aromatic heterocycles. The maximum absolute atomic E-state index is 13.3. The molecule has 0 spiro atoms. The van der Waals surface area contributed by atoms with Crippen LogP contribution in [0.3, 0.4) is 0 Å². The van der Waals surface area contributed by atoms with Gasteiger partial charge in [-0.1, -0.05) is 65.6 Å². The second-order valence-electron chi connectivity index (χ2n) is 9.19. The van der Waals surface area contributed by atoms with E-state index in [4.69, 9.17) is 11.5 Å². The van der Waals surface area contributed by atoms with Gasteiger partial charge in [-0.05, 0) is 23.3 Å². The van der Waals surface area contributed by atoms with Gasteiger partial charge in [0.25, 0.3) is 5.91 Å². The third-order valence-electron chi connectivity index (χ3n) is 6.33. The Morgan fingerprint density at radius 3 is 2.51 bits per heavy atom. The van der Waals surface area contributed by atoms with E-state index >= 15 is 0 Å². The molecular formula is C26H24N8O6S3. The number of aromatic hydroxyl groups is 1. The Balaban J connectivity index is 1.29. The summed E-state index contributed by atoms with van der Waals surface area (Å²) in [6.07, 6.45) is 0. The van der Waals surface area contributed by atoms with Gasteiger partial charge >= 0.3 is 12.0 Å². The molecular weight excluding hydrogens is 617 g/mol. The molecule has 0 saturated carbocycles. The number of aliphatic carboxylic acids is 1. The van der Waals surface area contributed by atoms with Crippen molar-refractivity contribution in [1.82, 2.24) is 25.7 Å². The van der Waals surface area contributed by atoms with E-state index in [1.165, 1.54) is 64.0 Å². The molecule has 3 atom stereocenters. The number of nitrogens with zero attached hydrogens (tertiary/aromatic N) is 4. The van der Waals surface area contributed by atoms with Gasteiger partial charge in [0.15, 0.2) is 10.3 Å². The van der Waals surface area contributed by atoms with Gasteiger partial charge in [-0.2, -0.15) is 4.99 Å². The maximum atomic E-state index is 13.3. The fourth-order valence-corrected chi connectivity index (χ4v) is 7.73. The van der Waals surface area contributed by atoms with Crippen molar-refractivity contribution in [2.45, 2.75) is 21.8 Å². The van der Waals surface area contributed by atoms with Gasteiger partial charge in [0, 0.05) is 17.1 Å². The van der Waals surface area contributed by atoms with Gasteiger partial charge in [-0.3, -0.25) is 14.5 Å². The number of carboxylic acids is 1. The minimum Gasteiger partial charge on any atom is -0.508 e. The molecule has 1 saturated heterocycles. The number of carbonyl (C=O) groups excluding carboxylic acids is 3. The summed E-state index contributed by atoms with van der Waals surface area (Å²) < 4.78 is 0.659. The number of aliphatic imine (C=N–C) groups is 1. The summed E-state index contributed by atoms with van der Waals surface area (Å²) in [7, 11) is 0. The molecule has 43 heavy (non-hydrogen) atoms. The Kier molecular flexibility index (Phi) is 8.84. The fraction of sp³-hybridized carbons (Fsp3) is 0.192. The molecule has 3 aromatic rings. The van der Waals surface area contributed by atoms with Crippen LogP contribution in [0.4, 0.5) is 4.79 Å². The Morgan fingerprint density at radius 2 is 1.84 bits per heavy atom. The summed E-state index contributed by atoms with van der Waals surface area (Å²) in [6, 6.07) is 11.7. The van der Waals surface area contributed by atoms with Crippen molar-refractivity contribution in [2.24, 2.45) is 16.5 Å². The number of nitrogens with two attached hydrogens (primary N) is 2. The molecule has 0 radical (unpaired) electrons. The van der Waals surface area contributed by atoms with Crippen LogP contribution in [-0.2, 0) is 14.4 Å². The number of benzene rings is 2. The van der Waals surface area contributed by atoms with Crippen LogP contribution >= 0.6 is 34.9 Å². The van der Waals surface area contributed by atoms with Crippen LogP contribution in [0.2, 0.25) is 0 Å². The van der Waals surface area contributed by atoms with Crippen LogP contribution in [0.5, 0.6) is 5.75 Å². The Morgan fingerprint density at radius 1 is 1.12 bits per heavy atom. The number of aromatic nitrogens is 2. The molecule has 8 N–H and O–H groups in total. The number of hydrogen-bond donors (Lipinski definition) is 6. The summed E-state index contributed by atoms with van der Waals surface area (Å²) in [4.78, 5) is 55.5. The number of β-lactam (4-membered cyclic amide) rings is 1. The first-order valence-electron chi connectivity index (χ1n) is 12.5. The molecule has 5 rings (SSSR count). The molecule has 17 heteroatoms. The maximum Gasteiger partial charge on any atom is 0.352 e. The quantitative estimate of drug-likeness (QED) is 0.0846. The lowest BCUT2D eigenvalue weighted by Crippen LogP contribution is -2.71. The average molecular weight is 641 g/mol. The van der Waals surface area contributed by atoms with E-state index < -0.39 is 47.2 Å². The zero-order valence-corrected chi connectivity index (χ0v) is 24.5. The molecule has 2 unspecified atom stereocenters. The predicted molar refractivity (Wildman–Crippen MR) is 161 cm³/mol. The number of amides is 4. The summed E-state index contributed by atoms with van der Waals surface area (Å²) in [5, 5.41) is 33.1. The van der Waals surface area contributed by atoms with Crippen LogP contribution in [-0.4, -0.2) is 78.0 Å². The molecule has 0 aliphatic carbocycles. The predicted octanol–water partition coefficient (Wildman–Crippen LogP) is 1.47. The highest BCUT2D eigenvalue weighted by Crippen LogP contribution is 2.42. The highest BCUT2D eigenvalue weighted by molar-refractivity contribution is 8.01. The molecule has 0 bridgehead atoms. The number of hydrogen-bond acceptors (Lipinski definition) is 10. The van der Waals surface area contributed by atoms with Crippen molar-refractivity contribution in [3.63, 3.8) is 0 Å². The third-order valence-corrected chi connectivity index (χ3v) is 9.86. The van der Waals surface area contributed by atoms with Gasteiger partial charge in [0.1, 0.15) is 33.9 Å². The van der Waals surface area contributed by atoms with Gasteiger partial charge in [-0.15, -0.1) is 22.0 Å². The van der Waals surface area contributed by atoms with Crippen LogP contribution in [0.25, 0.3) is 10.6 Å². The van der Waals surface area contributed by atoms with E-state index in [9.17, 15) is 29.4 Å². The number of guanidine groups is 1. The first kappa shape index (κ1) is 29.9. The first-order valence-corrected chi connectivity index (χ1v) is 15.4. The van der Waals surface area contributed by atoms with Crippen LogP contribution in [0.15, 0.2) is 75.2 Å². The number of phenolic OH excluding ortho intramolecular Hbond substituents is 1. The van der Waals surface area contributed by atoms with Crippen LogP contribution < -0.4 is 22.1 Å². The normalized spacial score (nSPS) is 18.2. The Hall–Kier alpha value is -4.61. The van der Waals surface area contributed by atoms with Gasteiger partial charge in [-0.25, -0.2) is 9.59 Å². The number of carbonyl (C=O) groups is 4. The lowest BCUT2D eigenvalue weighted by molar-refractivity contribution is -0.150. The molecule has 14 nitrogen and oxygen atoms in total. The third kappa shape index (κ3) is 6.58. The number of carboxylic acid groups (broad SMARTS) is 1. The standard InChI is InChI=1S/C26H24N8O6S3/c27-24(28)31-25(40)30-16(12-6-8-15(35)9-7-12)19(36)29-17-21(37)34-18(23(38)39)14(10-41-22(17)34)11-42-26-33-32-20(43-26)13-4-2-1-3-5-13/h1-9,16-17,22,35H,10-11H2,(H,29,36)(H,38,39)(H5,27,28,30,31,40)/t16?,17?,22-/m0/s1. The minimum absolute atomic E-state index is 0.0633. The second kappa shape index (κ2) is 12.7. The topological polar surface area (TPSA) is 226 Å². The first-order chi connectivity index (χ1) is 20.6. The van der Waals surface area contributed by atoms with E-state index in [-0.39, 0.29) is 22.8 Å². The van der Waals surface area contributed by atoms with E-state index in [0.717, 1.165) is 10.6 Å². The average Bonchev–Trinajstić information content (AvgIpc) is 3.46. The summed E-state index contributed by atoms with van der Waals surface area (Å²) in [5.74, 6) is -2.60. The molecule has 2 aromatic carbocycles. The van der Waals surface area contributed by atoms with Crippen molar-refractivity contribution in [2.75, 3.05) is 11.5 Å². The van der Waals surface area contributed by atoms with E-state index in [0.29, 0.717) is 15.7 Å². The largest absolute Gasteiger partial charge is 0.508 e. The number of urea groups is 1. The summed E-state index contributed by atoms with van der Waals surface area (Å²) in [6.45, 7) is 0. The van der Waals surface area contributed by atoms with E-state index in [2.05, 4.69) is 25.8 Å². The zero-order chi connectivity index (χ0) is 30.7. The van der Waals surface area contributed by atoms with Crippen molar-refractivity contribution >= 4 is 64.6 Å². The number of fused-ring (bicyclic) bond motifs is 1. The zero-order valence-electron chi connectivity index (χ0n) is 22.0. The highest BCUT2D eigenvalue weighted by atomic mass is 32.2. The summed E-state index contributed by atoms with van der Waals surface area (Å²) >= 11 is 4.03. The van der Waals surface area contributed by atoms with Gasteiger partial charge in [0.05, 0.1) is 0 Å². The molecule has 2 aliphatic heterocycles. The van der Waals surface area contributed by atoms with Crippen molar-refractivity contribution in [3.05, 3.63) is 71.4 Å². The molecule has 3 heterocycles.